The molecule has 108 valence electrons. The highest BCUT2D eigenvalue weighted by atomic mass is 19.4. The fourth-order valence-corrected chi connectivity index (χ4v) is 2.09. The normalized spacial score (nSPS) is 12.0. The lowest BCUT2D eigenvalue weighted by Gasteiger charge is -2.09. The molecule has 0 fully saturated rings. The van der Waals surface area contributed by atoms with Gasteiger partial charge in [0.2, 0.25) is 0 Å². The number of nitrogens with zero attached hydrogens (tertiary/aromatic N) is 3. The van der Waals surface area contributed by atoms with Gasteiger partial charge >= 0.3 is 11.9 Å². The van der Waals surface area contributed by atoms with Crippen molar-refractivity contribution in [2.75, 3.05) is 0 Å². The van der Waals surface area contributed by atoms with E-state index in [1.54, 1.807) is 13.2 Å². The van der Waals surface area contributed by atoms with E-state index < -0.39 is 17.4 Å². The summed E-state index contributed by atoms with van der Waals surface area (Å²) >= 11 is 0. The molecule has 3 rings (SSSR count). The van der Waals surface area contributed by atoms with Crippen LogP contribution in [0.1, 0.15) is 5.56 Å². The molecule has 5 nitrogen and oxygen atoms in total. The first-order valence-electron chi connectivity index (χ1n) is 5.95. The molecular formula is C13H9F3N4O. The van der Waals surface area contributed by atoms with Crippen molar-refractivity contribution in [3.8, 4) is 11.3 Å². The third kappa shape index (κ3) is 2.39. The lowest BCUT2D eigenvalue weighted by Crippen LogP contribution is -2.12. The molecule has 0 atom stereocenters. The van der Waals surface area contributed by atoms with Gasteiger partial charge in [-0.05, 0) is 18.2 Å². The number of rotatable bonds is 1. The van der Waals surface area contributed by atoms with E-state index in [9.17, 15) is 18.0 Å². The van der Waals surface area contributed by atoms with Crippen LogP contribution in [0.4, 0.5) is 13.2 Å². The smallest absolute Gasteiger partial charge is 0.305 e. The Labute approximate surface area is 116 Å². The van der Waals surface area contributed by atoms with E-state index in [0.717, 1.165) is 12.1 Å². The molecule has 0 radical (unpaired) electrons. The summed E-state index contributed by atoms with van der Waals surface area (Å²) in [4.78, 5) is 17.8. The molecule has 0 amide bonds. The molecule has 2 aromatic heterocycles. The predicted octanol–water partition coefficient (Wildman–Crippen LogP) is 2.34. The van der Waals surface area contributed by atoms with E-state index in [1.165, 1.54) is 16.9 Å². The van der Waals surface area contributed by atoms with Gasteiger partial charge in [-0.15, -0.1) is 0 Å². The van der Waals surface area contributed by atoms with Crippen LogP contribution in [-0.4, -0.2) is 19.7 Å². The number of alkyl halides is 3. The van der Waals surface area contributed by atoms with Gasteiger partial charge in [0.05, 0.1) is 23.0 Å². The molecule has 0 aliphatic rings. The summed E-state index contributed by atoms with van der Waals surface area (Å²) in [5.41, 5.74) is -0.474. The largest absolute Gasteiger partial charge is 0.416 e. The van der Waals surface area contributed by atoms with Gasteiger partial charge in [0.15, 0.2) is 0 Å². The highest BCUT2D eigenvalue weighted by Gasteiger charge is 2.30. The molecule has 0 aliphatic heterocycles. The highest BCUT2D eigenvalue weighted by molar-refractivity contribution is 5.92. The van der Waals surface area contributed by atoms with E-state index in [-0.39, 0.29) is 11.1 Å². The van der Waals surface area contributed by atoms with Crippen molar-refractivity contribution in [2.45, 2.75) is 6.18 Å². The van der Waals surface area contributed by atoms with Crippen molar-refractivity contribution in [3.05, 3.63) is 46.6 Å². The van der Waals surface area contributed by atoms with Crippen LogP contribution in [0.5, 0.6) is 0 Å². The van der Waals surface area contributed by atoms with Crippen molar-refractivity contribution >= 4 is 10.9 Å². The molecule has 21 heavy (non-hydrogen) atoms. The Kier molecular flexibility index (Phi) is 2.82. The number of aromatic nitrogens is 4. The van der Waals surface area contributed by atoms with Gasteiger partial charge in [0.25, 0.3) is 0 Å². The van der Waals surface area contributed by atoms with Crippen molar-refractivity contribution in [1.29, 1.82) is 0 Å². The summed E-state index contributed by atoms with van der Waals surface area (Å²) in [6.45, 7) is 0. The number of hydrogen-bond acceptors (Lipinski definition) is 3. The van der Waals surface area contributed by atoms with E-state index in [4.69, 9.17) is 0 Å². The fraction of sp³-hybridized carbons (Fsp3) is 0.154. The molecular weight excluding hydrogens is 285 g/mol. The van der Waals surface area contributed by atoms with Gasteiger partial charge in [-0.1, -0.05) is 0 Å². The zero-order valence-electron chi connectivity index (χ0n) is 10.8. The van der Waals surface area contributed by atoms with E-state index >= 15 is 0 Å². The number of hydrogen-bond donors (Lipinski definition) is 1. The average Bonchev–Trinajstić information content (AvgIpc) is 2.82. The second kappa shape index (κ2) is 4.44. The first-order chi connectivity index (χ1) is 9.84. The predicted molar refractivity (Wildman–Crippen MR) is 69.6 cm³/mol. The number of aromatic amines is 1. The summed E-state index contributed by atoms with van der Waals surface area (Å²) in [5.74, 6) is 0. The maximum absolute atomic E-state index is 12.8. The number of H-pyrrole nitrogens is 1. The molecule has 1 N–H and O–H groups in total. The Balaban J connectivity index is 2.34. The number of fused-ring (bicyclic) bond motifs is 1. The standard InChI is InChI=1S/C13H9F3N4O/c1-20-6-7(5-17-20)11-9-4-8(13(14,15)16)2-3-10(9)18-12(21)19-11/h2-6H,1H3,(H,18,19,21). The maximum atomic E-state index is 12.8. The molecule has 0 saturated carbocycles. The van der Waals surface area contributed by atoms with Gasteiger partial charge in [-0.2, -0.15) is 23.3 Å². The van der Waals surface area contributed by atoms with Crippen molar-refractivity contribution in [3.63, 3.8) is 0 Å². The number of aryl methyl sites for hydroxylation is 1. The van der Waals surface area contributed by atoms with Crippen molar-refractivity contribution in [1.82, 2.24) is 19.7 Å². The summed E-state index contributed by atoms with van der Waals surface area (Å²) in [7, 11) is 1.67. The van der Waals surface area contributed by atoms with Crippen LogP contribution < -0.4 is 5.69 Å². The molecule has 0 saturated heterocycles. The number of halogens is 3. The summed E-state index contributed by atoms with van der Waals surface area (Å²) in [5, 5.41) is 4.16. The first-order valence-corrected chi connectivity index (χ1v) is 5.95. The first kappa shape index (κ1) is 13.3. The molecule has 1 aromatic carbocycles. The van der Waals surface area contributed by atoms with Crippen LogP contribution in [0, 0.1) is 0 Å². The van der Waals surface area contributed by atoms with Gasteiger partial charge in [0.1, 0.15) is 0 Å². The lowest BCUT2D eigenvalue weighted by atomic mass is 10.1. The van der Waals surface area contributed by atoms with Crippen LogP contribution >= 0.6 is 0 Å². The molecule has 0 spiro atoms. The minimum atomic E-state index is -4.46. The fourth-order valence-electron chi connectivity index (χ4n) is 2.09. The zero-order chi connectivity index (χ0) is 15.2. The number of benzene rings is 1. The minimum Gasteiger partial charge on any atom is -0.305 e. The van der Waals surface area contributed by atoms with E-state index in [0.29, 0.717) is 11.1 Å². The highest BCUT2D eigenvalue weighted by Crippen LogP contribution is 2.33. The molecule has 0 unspecified atom stereocenters. The van der Waals surface area contributed by atoms with Gasteiger partial charge in [-0.3, -0.25) is 4.68 Å². The molecule has 3 aromatic rings. The van der Waals surface area contributed by atoms with Crippen LogP contribution in [0.2, 0.25) is 0 Å². The molecule has 2 heterocycles. The monoisotopic (exact) mass is 294 g/mol. The molecule has 8 heteroatoms. The zero-order valence-corrected chi connectivity index (χ0v) is 10.8. The maximum Gasteiger partial charge on any atom is 0.416 e. The van der Waals surface area contributed by atoms with Gasteiger partial charge < -0.3 is 4.98 Å². The SMILES string of the molecule is Cn1cc(-c2nc(=O)[nH]c3ccc(C(F)(F)F)cc23)cn1. The van der Waals surface area contributed by atoms with Crippen molar-refractivity contribution in [2.24, 2.45) is 7.05 Å². The summed E-state index contributed by atoms with van der Waals surface area (Å²) < 4.78 is 40.0. The Morgan fingerprint density at radius 2 is 2.05 bits per heavy atom. The number of nitrogens with one attached hydrogen (secondary N) is 1. The second-order valence-corrected chi connectivity index (χ2v) is 4.55. The topological polar surface area (TPSA) is 63.6 Å². The van der Waals surface area contributed by atoms with E-state index in [1.807, 2.05) is 0 Å². The van der Waals surface area contributed by atoms with Gasteiger partial charge in [0, 0.05) is 24.2 Å². The minimum absolute atomic E-state index is 0.174. The Morgan fingerprint density at radius 1 is 1.29 bits per heavy atom. The van der Waals surface area contributed by atoms with E-state index in [2.05, 4.69) is 15.1 Å². The Bertz CT molecular complexity index is 879. The molecule has 0 aliphatic carbocycles. The van der Waals surface area contributed by atoms with Crippen LogP contribution in [-0.2, 0) is 13.2 Å². The van der Waals surface area contributed by atoms with Crippen LogP contribution in [0.3, 0.4) is 0 Å². The van der Waals surface area contributed by atoms with Crippen molar-refractivity contribution < 1.29 is 13.2 Å². The van der Waals surface area contributed by atoms with Gasteiger partial charge in [-0.25, -0.2) is 4.79 Å². The lowest BCUT2D eigenvalue weighted by molar-refractivity contribution is -0.137. The Hall–Kier alpha value is -2.64. The second-order valence-electron chi connectivity index (χ2n) is 4.55. The quantitative estimate of drug-likeness (QED) is 0.749. The average molecular weight is 294 g/mol. The third-order valence-electron chi connectivity index (χ3n) is 3.04. The summed E-state index contributed by atoms with van der Waals surface area (Å²) in [6.07, 6.45) is -1.43. The molecule has 0 bridgehead atoms. The van der Waals surface area contributed by atoms with Crippen LogP contribution in [0.25, 0.3) is 22.2 Å². The Morgan fingerprint density at radius 3 is 2.67 bits per heavy atom. The summed E-state index contributed by atoms with van der Waals surface area (Å²) in [6, 6.07) is 3.12. The van der Waals surface area contributed by atoms with Crippen LogP contribution in [0.15, 0.2) is 35.4 Å². The third-order valence-corrected chi connectivity index (χ3v) is 3.04.